The van der Waals surface area contributed by atoms with Crippen molar-refractivity contribution in [2.24, 2.45) is 10.8 Å². The lowest BCUT2D eigenvalue weighted by atomic mass is 9.81. The van der Waals surface area contributed by atoms with Gasteiger partial charge in [0.25, 0.3) is 0 Å². The summed E-state index contributed by atoms with van der Waals surface area (Å²) in [6.07, 6.45) is -0.821. The third kappa shape index (κ3) is 5.20. The quantitative estimate of drug-likeness (QED) is 0.406. The van der Waals surface area contributed by atoms with Crippen LogP contribution in [-0.2, 0) is 12.8 Å². The zero-order valence-electron chi connectivity index (χ0n) is 18.6. The number of halogens is 5. The summed E-state index contributed by atoms with van der Waals surface area (Å²) in [7, 11) is 0. The normalized spacial score (nSPS) is 24.9. The molecule has 7 heteroatoms. The van der Waals surface area contributed by atoms with Crippen LogP contribution in [0.3, 0.4) is 0 Å². The molecule has 0 bridgehead atoms. The molecule has 4 rings (SSSR count). The third-order valence-electron chi connectivity index (χ3n) is 7.71. The maximum absolute atomic E-state index is 14.0. The molecule has 0 radical (unpaired) electrons. The van der Waals surface area contributed by atoms with E-state index in [0.29, 0.717) is 30.1 Å². The van der Waals surface area contributed by atoms with Gasteiger partial charge < -0.3 is 4.90 Å². The van der Waals surface area contributed by atoms with Crippen molar-refractivity contribution in [2.45, 2.75) is 51.6 Å². The third-order valence-corrected chi connectivity index (χ3v) is 8.02. The molecule has 33 heavy (non-hydrogen) atoms. The van der Waals surface area contributed by atoms with Crippen LogP contribution in [0, 0.1) is 34.9 Å². The zero-order valence-corrected chi connectivity index (χ0v) is 19.4. The lowest BCUT2D eigenvalue weighted by Crippen LogP contribution is -2.28. The van der Waals surface area contributed by atoms with E-state index in [2.05, 4.69) is 6.07 Å². The van der Waals surface area contributed by atoms with Crippen molar-refractivity contribution in [1.82, 2.24) is 4.90 Å². The summed E-state index contributed by atoms with van der Waals surface area (Å²) in [5, 5.41) is 9.53. The molecule has 1 aliphatic carbocycles. The van der Waals surface area contributed by atoms with Crippen molar-refractivity contribution in [1.29, 1.82) is 5.26 Å². The summed E-state index contributed by atoms with van der Waals surface area (Å²) in [5.41, 5.74) is 3.35. The topological polar surface area (TPSA) is 27.0 Å². The van der Waals surface area contributed by atoms with Crippen LogP contribution in [0.1, 0.15) is 47.9 Å². The molecule has 0 amide bonds. The van der Waals surface area contributed by atoms with Crippen molar-refractivity contribution >= 4 is 11.6 Å². The van der Waals surface area contributed by atoms with Gasteiger partial charge in [0.2, 0.25) is 0 Å². The number of nitrogens with zero attached hydrogens (tertiary/aromatic N) is 2. The van der Waals surface area contributed by atoms with E-state index >= 15 is 0 Å². The fourth-order valence-electron chi connectivity index (χ4n) is 5.69. The van der Waals surface area contributed by atoms with Gasteiger partial charge in [0.05, 0.1) is 17.0 Å². The van der Waals surface area contributed by atoms with E-state index in [0.717, 1.165) is 42.4 Å². The van der Waals surface area contributed by atoms with Gasteiger partial charge in [0.1, 0.15) is 11.9 Å². The van der Waals surface area contributed by atoms with Crippen LogP contribution in [0.5, 0.6) is 0 Å². The van der Waals surface area contributed by atoms with E-state index in [4.69, 9.17) is 16.9 Å². The van der Waals surface area contributed by atoms with Gasteiger partial charge in [-0.1, -0.05) is 23.7 Å². The second-order valence-corrected chi connectivity index (χ2v) is 10.2. The van der Waals surface area contributed by atoms with Crippen LogP contribution in [0.25, 0.3) is 0 Å². The second-order valence-electron chi connectivity index (χ2n) is 9.80. The van der Waals surface area contributed by atoms with Crippen molar-refractivity contribution < 1.29 is 17.6 Å². The van der Waals surface area contributed by atoms with Crippen LogP contribution in [-0.4, -0.2) is 30.7 Å². The second kappa shape index (κ2) is 8.92. The molecule has 2 fully saturated rings. The van der Waals surface area contributed by atoms with Crippen molar-refractivity contribution in [2.75, 3.05) is 19.6 Å². The molecule has 1 heterocycles. The number of aryl methyl sites for hydroxylation is 2. The molecule has 1 aliphatic heterocycles. The van der Waals surface area contributed by atoms with E-state index in [1.807, 2.05) is 24.0 Å². The standard InChI is InChI=1S/C26H27ClF4N2/c1-18-2-5-22(28)13-21(18)14-24(7-6-19-3-4-20(15-32)23(27)12-19)16-25(24)8-10-33(17-25)11-9-26(29,30)31/h2-5,12-13H,6-11,14,16-17H2,1H3. The van der Waals surface area contributed by atoms with Gasteiger partial charge in [-0.15, -0.1) is 0 Å². The first-order valence-corrected chi connectivity index (χ1v) is 11.7. The summed E-state index contributed by atoms with van der Waals surface area (Å²) < 4.78 is 52.2. The maximum atomic E-state index is 14.0. The van der Waals surface area contributed by atoms with Crippen molar-refractivity contribution in [3.8, 4) is 6.07 Å². The number of hydrogen-bond acceptors (Lipinski definition) is 2. The fourth-order valence-corrected chi connectivity index (χ4v) is 5.94. The molecular formula is C26H27ClF4N2. The Labute approximate surface area is 197 Å². The van der Waals surface area contributed by atoms with Gasteiger partial charge in [-0.25, -0.2) is 4.39 Å². The molecule has 2 aromatic rings. The van der Waals surface area contributed by atoms with Crippen LogP contribution < -0.4 is 0 Å². The van der Waals surface area contributed by atoms with E-state index in [1.54, 1.807) is 18.2 Å². The maximum Gasteiger partial charge on any atom is 0.390 e. The van der Waals surface area contributed by atoms with E-state index in [1.165, 1.54) is 6.07 Å². The minimum absolute atomic E-state index is 0.0333. The van der Waals surface area contributed by atoms with Gasteiger partial charge in [-0.05, 0) is 97.4 Å². The lowest BCUT2D eigenvalue weighted by molar-refractivity contribution is -0.137. The Bertz CT molecular complexity index is 1080. The molecule has 2 nitrogen and oxygen atoms in total. The van der Waals surface area contributed by atoms with Crippen molar-refractivity contribution in [3.63, 3.8) is 0 Å². The van der Waals surface area contributed by atoms with Crippen LogP contribution >= 0.6 is 11.6 Å². The molecule has 1 saturated carbocycles. The van der Waals surface area contributed by atoms with Crippen LogP contribution in [0.2, 0.25) is 5.02 Å². The Morgan fingerprint density at radius 1 is 1.18 bits per heavy atom. The molecule has 0 N–H and O–H groups in total. The van der Waals surface area contributed by atoms with E-state index < -0.39 is 12.6 Å². The Balaban J connectivity index is 1.53. The van der Waals surface area contributed by atoms with E-state index in [9.17, 15) is 17.6 Å². The average Bonchev–Trinajstić information content (AvgIpc) is 3.13. The highest BCUT2D eigenvalue weighted by Gasteiger charge is 2.67. The Kier molecular flexibility index (Phi) is 6.50. The first-order valence-electron chi connectivity index (χ1n) is 11.3. The highest BCUT2D eigenvalue weighted by Crippen LogP contribution is 2.71. The SMILES string of the molecule is Cc1ccc(F)cc1CC1(CCc2ccc(C#N)c(Cl)c2)CC12CCN(CCC(F)(F)F)C2. The van der Waals surface area contributed by atoms with Crippen LogP contribution in [0.4, 0.5) is 17.6 Å². The number of rotatable bonds is 7. The molecule has 2 atom stereocenters. The number of alkyl halides is 3. The highest BCUT2D eigenvalue weighted by atomic mass is 35.5. The highest BCUT2D eigenvalue weighted by molar-refractivity contribution is 6.31. The Hall–Kier alpha value is -2.10. The number of likely N-dealkylation sites (tertiary alicyclic amines) is 1. The molecule has 1 spiro atoms. The first-order chi connectivity index (χ1) is 15.5. The van der Waals surface area contributed by atoms with Gasteiger partial charge in [0.15, 0.2) is 0 Å². The summed E-state index contributed by atoms with van der Waals surface area (Å²) in [4.78, 5) is 1.94. The molecule has 0 aromatic heterocycles. The van der Waals surface area contributed by atoms with Gasteiger partial charge >= 0.3 is 6.18 Å². The monoisotopic (exact) mass is 478 g/mol. The molecule has 2 aromatic carbocycles. The summed E-state index contributed by atoms with van der Waals surface area (Å²) in [5.74, 6) is -0.266. The predicted molar refractivity (Wildman–Crippen MR) is 121 cm³/mol. The molecule has 1 saturated heterocycles. The molecule has 2 aliphatic rings. The van der Waals surface area contributed by atoms with E-state index in [-0.39, 0.29) is 23.2 Å². The van der Waals surface area contributed by atoms with Gasteiger partial charge in [0, 0.05) is 13.1 Å². The predicted octanol–water partition coefficient (Wildman–Crippen LogP) is 6.87. The molecule has 176 valence electrons. The average molecular weight is 479 g/mol. The first kappa shape index (κ1) is 24.0. The summed E-state index contributed by atoms with van der Waals surface area (Å²) >= 11 is 6.21. The van der Waals surface area contributed by atoms with Crippen molar-refractivity contribution in [3.05, 3.63) is 69.5 Å². The lowest BCUT2D eigenvalue weighted by Gasteiger charge is -2.25. The van der Waals surface area contributed by atoms with Gasteiger partial charge in [-0.2, -0.15) is 18.4 Å². The molecular weight excluding hydrogens is 452 g/mol. The largest absolute Gasteiger partial charge is 0.390 e. The molecule has 2 unspecified atom stereocenters. The smallest absolute Gasteiger partial charge is 0.302 e. The number of hydrogen-bond donors (Lipinski definition) is 0. The zero-order chi connectivity index (χ0) is 23.9. The van der Waals surface area contributed by atoms with Gasteiger partial charge in [-0.3, -0.25) is 0 Å². The number of benzene rings is 2. The minimum Gasteiger partial charge on any atom is -0.302 e. The van der Waals surface area contributed by atoms with Crippen LogP contribution in [0.15, 0.2) is 36.4 Å². The summed E-state index contributed by atoms with van der Waals surface area (Å²) in [6, 6.07) is 12.4. The minimum atomic E-state index is -4.15. The Morgan fingerprint density at radius 3 is 2.67 bits per heavy atom. The number of nitriles is 1. The Morgan fingerprint density at radius 2 is 1.97 bits per heavy atom. The summed E-state index contributed by atoms with van der Waals surface area (Å²) in [6.45, 7) is 3.34. The fraction of sp³-hybridized carbons (Fsp3) is 0.500.